The van der Waals surface area contributed by atoms with E-state index in [9.17, 15) is 18.4 Å². The molecule has 4 rings (SSSR count). The monoisotopic (exact) mass is 390 g/mol. The van der Waals surface area contributed by atoms with Crippen LogP contribution in [0.25, 0.3) is 0 Å². The average Bonchev–Trinajstić information content (AvgIpc) is 3.38. The molecule has 4 nitrogen and oxygen atoms in total. The third kappa shape index (κ3) is 3.14. The highest BCUT2D eigenvalue weighted by molar-refractivity contribution is 7.18. The molecule has 2 aliphatic rings. The number of anilines is 1. The molecule has 1 heterocycles. The normalized spacial score (nSPS) is 22.0. The van der Waals surface area contributed by atoms with E-state index in [2.05, 4.69) is 5.32 Å². The topological polar surface area (TPSA) is 72.2 Å². The Morgan fingerprint density at radius 3 is 2.63 bits per heavy atom. The van der Waals surface area contributed by atoms with Gasteiger partial charge in [-0.3, -0.25) is 9.59 Å². The summed E-state index contributed by atoms with van der Waals surface area (Å²) >= 11 is 1.05. The molecule has 0 spiro atoms. The Labute approximate surface area is 159 Å². The minimum Gasteiger partial charge on any atom is -0.390 e. The van der Waals surface area contributed by atoms with Crippen molar-refractivity contribution in [2.24, 2.45) is 0 Å². The molecule has 27 heavy (non-hydrogen) atoms. The number of alkyl halides is 2. The average molecular weight is 390 g/mol. The Hall–Kier alpha value is -2.28. The quantitative estimate of drug-likeness (QED) is 0.812. The van der Waals surface area contributed by atoms with Gasteiger partial charge in [0.1, 0.15) is 0 Å². The van der Waals surface area contributed by atoms with Crippen molar-refractivity contribution in [3.8, 4) is 0 Å². The predicted molar refractivity (Wildman–Crippen MR) is 101 cm³/mol. The molecule has 3 N–H and O–H groups in total. The lowest BCUT2D eigenvalue weighted by molar-refractivity contribution is 0.0668. The van der Waals surface area contributed by atoms with E-state index in [0.717, 1.165) is 24.2 Å². The Bertz CT molecular complexity index is 893. The van der Waals surface area contributed by atoms with Gasteiger partial charge in [-0.15, -0.1) is 11.3 Å². The maximum absolute atomic E-state index is 13.4. The fourth-order valence-electron chi connectivity index (χ4n) is 3.92. The minimum atomic E-state index is -2.61. The number of nitrogen functional groups attached to an aromatic ring is 1. The van der Waals surface area contributed by atoms with Crippen LogP contribution in [0.5, 0.6) is 0 Å². The molecule has 7 heteroatoms. The number of nitrogens with one attached hydrogen (secondary N) is 1. The van der Waals surface area contributed by atoms with E-state index in [4.69, 9.17) is 5.73 Å². The Morgan fingerprint density at radius 1 is 1.30 bits per heavy atom. The molecule has 1 unspecified atom stereocenters. The highest BCUT2D eigenvalue weighted by atomic mass is 32.1. The SMILES string of the molecule is Nc1sc2c(c1C(=O)NC1CC1)CCC(CC(F)F)(c1ccccc1)C2=O. The number of rotatable bonds is 5. The number of ketones is 1. The highest BCUT2D eigenvalue weighted by Gasteiger charge is 2.48. The zero-order valence-corrected chi connectivity index (χ0v) is 15.5. The summed E-state index contributed by atoms with van der Waals surface area (Å²) in [5, 5.41) is 3.19. The van der Waals surface area contributed by atoms with Gasteiger partial charge in [0.2, 0.25) is 6.43 Å². The number of fused-ring (bicyclic) bond motifs is 1. The molecular formula is C20H20F2N2O2S. The van der Waals surface area contributed by atoms with E-state index in [1.165, 1.54) is 0 Å². The number of Topliss-reactive ketones (excluding diaryl/α,β-unsaturated/α-hetero) is 1. The van der Waals surface area contributed by atoms with E-state index in [0.29, 0.717) is 28.0 Å². The van der Waals surface area contributed by atoms with Crippen LogP contribution in [0.3, 0.4) is 0 Å². The molecule has 2 aromatic rings. The van der Waals surface area contributed by atoms with Gasteiger partial charge in [0.15, 0.2) is 5.78 Å². The molecule has 0 radical (unpaired) electrons. The zero-order chi connectivity index (χ0) is 19.2. The first-order valence-corrected chi connectivity index (χ1v) is 9.84. The maximum atomic E-state index is 13.4. The molecule has 0 saturated heterocycles. The maximum Gasteiger partial charge on any atom is 0.254 e. The first-order valence-electron chi connectivity index (χ1n) is 9.03. The van der Waals surface area contributed by atoms with Crippen molar-refractivity contribution in [1.82, 2.24) is 5.32 Å². The number of benzene rings is 1. The summed E-state index contributed by atoms with van der Waals surface area (Å²) in [5.74, 6) is -0.612. The number of carbonyl (C=O) groups is 2. The highest BCUT2D eigenvalue weighted by Crippen LogP contribution is 2.47. The van der Waals surface area contributed by atoms with Gasteiger partial charge in [0, 0.05) is 12.5 Å². The fraction of sp³-hybridized carbons (Fsp3) is 0.400. The predicted octanol–water partition coefficient (Wildman–Crippen LogP) is 3.94. The van der Waals surface area contributed by atoms with Gasteiger partial charge in [0.25, 0.3) is 5.91 Å². The van der Waals surface area contributed by atoms with Gasteiger partial charge in [-0.05, 0) is 36.8 Å². The molecule has 1 fully saturated rings. The van der Waals surface area contributed by atoms with Crippen LogP contribution in [0.1, 0.15) is 56.8 Å². The molecule has 1 atom stereocenters. The largest absolute Gasteiger partial charge is 0.390 e. The van der Waals surface area contributed by atoms with Crippen LogP contribution >= 0.6 is 11.3 Å². The lowest BCUT2D eigenvalue weighted by Crippen LogP contribution is -2.41. The minimum absolute atomic E-state index is 0.175. The van der Waals surface area contributed by atoms with Crippen LogP contribution in [0.15, 0.2) is 30.3 Å². The third-order valence-electron chi connectivity index (χ3n) is 5.45. The lowest BCUT2D eigenvalue weighted by Gasteiger charge is -2.36. The van der Waals surface area contributed by atoms with Gasteiger partial charge in [-0.1, -0.05) is 30.3 Å². The van der Waals surface area contributed by atoms with Crippen molar-refractivity contribution in [2.45, 2.75) is 50.0 Å². The summed E-state index contributed by atoms with van der Waals surface area (Å²) in [5.41, 5.74) is 6.35. The number of thiophene rings is 1. The molecule has 0 aliphatic heterocycles. The smallest absolute Gasteiger partial charge is 0.254 e. The van der Waals surface area contributed by atoms with Crippen molar-refractivity contribution >= 4 is 28.0 Å². The molecular weight excluding hydrogens is 370 g/mol. The van der Waals surface area contributed by atoms with Gasteiger partial charge in [-0.25, -0.2) is 8.78 Å². The van der Waals surface area contributed by atoms with Crippen LogP contribution < -0.4 is 11.1 Å². The number of nitrogens with two attached hydrogens (primary N) is 1. The van der Waals surface area contributed by atoms with Gasteiger partial charge < -0.3 is 11.1 Å². The number of halogens is 2. The van der Waals surface area contributed by atoms with Crippen LogP contribution in [0.4, 0.5) is 13.8 Å². The number of amides is 1. The number of carbonyl (C=O) groups excluding carboxylic acids is 2. The van der Waals surface area contributed by atoms with Gasteiger partial charge in [0.05, 0.1) is 20.9 Å². The van der Waals surface area contributed by atoms with Crippen LogP contribution in [-0.2, 0) is 11.8 Å². The molecule has 142 valence electrons. The molecule has 1 amide bonds. The van der Waals surface area contributed by atoms with Crippen molar-refractivity contribution in [1.29, 1.82) is 0 Å². The van der Waals surface area contributed by atoms with Crippen LogP contribution in [0, 0.1) is 0 Å². The van der Waals surface area contributed by atoms with E-state index in [-0.39, 0.29) is 29.2 Å². The number of hydrogen-bond donors (Lipinski definition) is 2. The van der Waals surface area contributed by atoms with Crippen molar-refractivity contribution in [3.63, 3.8) is 0 Å². The molecule has 1 aromatic heterocycles. The third-order valence-corrected chi connectivity index (χ3v) is 6.51. The second kappa shape index (κ2) is 6.71. The van der Waals surface area contributed by atoms with Crippen LogP contribution in [0.2, 0.25) is 0 Å². The fourth-order valence-corrected chi connectivity index (χ4v) is 5.07. The van der Waals surface area contributed by atoms with Gasteiger partial charge >= 0.3 is 0 Å². The van der Waals surface area contributed by atoms with Crippen molar-refractivity contribution < 1.29 is 18.4 Å². The summed E-state index contributed by atoms with van der Waals surface area (Å²) in [7, 11) is 0. The Kier molecular flexibility index (Phi) is 4.50. The summed E-state index contributed by atoms with van der Waals surface area (Å²) in [4.78, 5) is 26.3. The first kappa shape index (κ1) is 18.1. The summed E-state index contributed by atoms with van der Waals surface area (Å²) < 4.78 is 26.8. The molecule has 2 aliphatic carbocycles. The standard InChI is InChI=1S/C20H20F2N2O2S/c21-14(22)10-20(11-4-2-1-3-5-11)9-8-13-15(19(26)24-12-6-7-12)18(23)27-16(13)17(20)25/h1-5,12,14H,6-10,23H2,(H,24,26). The Morgan fingerprint density at radius 2 is 2.00 bits per heavy atom. The lowest BCUT2D eigenvalue weighted by atomic mass is 9.66. The van der Waals surface area contributed by atoms with E-state index in [1.807, 2.05) is 0 Å². The molecule has 1 saturated carbocycles. The Balaban J connectivity index is 1.76. The van der Waals surface area contributed by atoms with Crippen molar-refractivity contribution in [3.05, 3.63) is 51.9 Å². The van der Waals surface area contributed by atoms with E-state index < -0.39 is 18.3 Å². The first-order chi connectivity index (χ1) is 12.9. The second-order valence-electron chi connectivity index (χ2n) is 7.27. The molecule has 1 aromatic carbocycles. The van der Waals surface area contributed by atoms with E-state index >= 15 is 0 Å². The van der Waals surface area contributed by atoms with Crippen LogP contribution in [-0.4, -0.2) is 24.2 Å². The summed E-state index contributed by atoms with van der Waals surface area (Å²) in [6.45, 7) is 0. The summed E-state index contributed by atoms with van der Waals surface area (Å²) in [6.07, 6.45) is -0.621. The number of hydrogen-bond acceptors (Lipinski definition) is 4. The molecule has 0 bridgehead atoms. The summed E-state index contributed by atoms with van der Waals surface area (Å²) in [6, 6.07) is 8.92. The van der Waals surface area contributed by atoms with Crippen molar-refractivity contribution in [2.75, 3.05) is 5.73 Å². The second-order valence-corrected chi connectivity index (χ2v) is 8.32. The zero-order valence-electron chi connectivity index (χ0n) is 14.6. The van der Waals surface area contributed by atoms with E-state index in [1.54, 1.807) is 30.3 Å². The van der Waals surface area contributed by atoms with Gasteiger partial charge in [-0.2, -0.15) is 0 Å².